The number of hydrogen-bond acceptors (Lipinski definition) is 0. The largest absolute Gasteiger partial charge is 0.0843 e. The molecule has 1 heteroatoms. The molecule has 1 unspecified atom stereocenters. The Morgan fingerprint density at radius 3 is 1.97 bits per heavy atom. The highest BCUT2D eigenvalue weighted by molar-refractivity contribution is 6.30. The fourth-order valence-electron chi connectivity index (χ4n) is 5.96. The molecule has 0 nitrogen and oxygen atoms in total. The van der Waals surface area contributed by atoms with Crippen molar-refractivity contribution in [3.8, 4) is 22.3 Å². The molecule has 0 bridgehead atoms. The quantitative estimate of drug-likeness (QED) is 0.218. The van der Waals surface area contributed by atoms with Gasteiger partial charge in [0.2, 0.25) is 0 Å². The van der Waals surface area contributed by atoms with Crippen molar-refractivity contribution >= 4 is 11.6 Å². The zero-order chi connectivity index (χ0) is 25.4. The Balaban J connectivity index is 1.38. The molecule has 37 heavy (non-hydrogen) atoms. The summed E-state index contributed by atoms with van der Waals surface area (Å²) in [4.78, 5) is 0. The number of halogens is 1. The molecule has 0 N–H and O–H groups in total. The summed E-state index contributed by atoms with van der Waals surface area (Å²) in [6, 6.07) is 44.2. The number of aryl methyl sites for hydroxylation is 1. The van der Waals surface area contributed by atoms with E-state index in [-0.39, 0.29) is 5.41 Å². The van der Waals surface area contributed by atoms with Crippen molar-refractivity contribution in [2.24, 2.45) is 0 Å². The highest BCUT2D eigenvalue weighted by Gasteiger charge is 2.35. The molecular weight excluding hydrogens is 468 g/mol. The van der Waals surface area contributed by atoms with Gasteiger partial charge < -0.3 is 0 Å². The van der Waals surface area contributed by atoms with Crippen LogP contribution in [0.2, 0.25) is 5.02 Å². The van der Waals surface area contributed by atoms with E-state index >= 15 is 0 Å². The van der Waals surface area contributed by atoms with E-state index in [9.17, 15) is 0 Å². The van der Waals surface area contributed by atoms with Crippen molar-refractivity contribution in [3.63, 3.8) is 0 Å². The summed E-state index contributed by atoms with van der Waals surface area (Å²) < 4.78 is 0. The molecule has 5 aromatic carbocycles. The third kappa shape index (κ3) is 4.52. The van der Waals surface area contributed by atoms with Crippen LogP contribution < -0.4 is 0 Å². The SMILES string of the molecule is CC1(C)c2ccccc2-c2ccc(C(CCc3ccc(Cl)cc3)c3ccc(-c4ccccc4)cc3)cc21. The molecule has 6 rings (SSSR count). The summed E-state index contributed by atoms with van der Waals surface area (Å²) in [7, 11) is 0. The summed E-state index contributed by atoms with van der Waals surface area (Å²) in [5.41, 5.74) is 12.2. The van der Waals surface area contributed by atoms with E-state index in [4.69, 9.17) is 11.6 Å². The maximum absolute atomic E-state index is 6.15. The third-order valence-corrected chi connectivity index (χ3v) is 8.32. The molecule has 0 spiro atoms. The summed E-state index contributed by atoms with van der Waals surface area (Å²) in [5, 5.41) is 0.789. The number of fused-ring (bicyclic) bond motifs is 3. The van der Waals surface area contributed by atoms with E-state index < -0.39 is 0 Å². The van der Waals surface area contributed by atoms with Gasteiger partial charge in [-0.25, -0.2) is 0 Å². The first-order valence-corrected chi connectivity index (χ1v) is 13.5. The maximum atomic E-state index is 6.15. The van der Waals surface area contributed by atoms with Crippen LogP contribution >= 0.6 is 11.6 Å². The minimum absolute atomic E-state index is 0.000166. The van der Waals surface area contributed by atoms with E-state index in [2.05, 4.69) is 123 Å². The Labute approximate surface area is 225 Å². The van der Waals surface area contributed by atoms with Crippen LogP contribution in [0.3, 0.4) is 0 Å². The molecule has 0 aliphatic heterocycles. The second-order valence-corrected chi connectivity index (χ2v) is 11.1. The fourth-order valence-corrected chi connectivity index (χ4v) is 6.09. The van der Waals surface area contributed by atoms with Gasteiger partial charge in [-0.1, -0.05) is 135 Å². The van der Waals surface area contributed by atoms with Gasteiger partial charge in [-0.15, -0.1) is 0 Å². The third-order valence-electron chi connectivity index (χ3n) is 8.07. The van der Waals surface area contributed by atoms with Crippen LogP contribution in [0.5, 0.6) is 0 Å². The van der Waals surface area contributed by atoms with Crippen LogP contribution in [-0.4, -0.2) is 0 Å². The smallest absolute Gasteiger partial charge is 0.0406 e. The van der Waals surface area contributed by atoms with Gasteiger partial charge in [0.25, 0.3) is 0 Å². The lowest BCUT2D eigenvalue weighted by atomic mass is 9.79. The van der Waals surface area contributed by atoms with Crippen molar-refractivity contribution in [2.75, 3.05) is 0 Å². The second-order valence-electron chi connectivity index (χ2n) is 10.7. The van der Waals surface area contributed by atoms with E-state index in [1.807, 2.05) is 12.1 Å². The lowest BCUT2D eigenvalue weighted by Crippen LogP contribution is -2.15. The Hall–Kier alpha value is -3.61. The van der Waals surface area contributed by atoms with Crippen LogP contribution in [0.15, 0.2) is 121 Å². The highest BCUT2D eigenvalue weighted by Crippen LogP contribution is 2.49. The first-order valence-electron chi connectivity index (χ1n) is 13.1. The van der Waals surface area contributed by atoms with Crippen LogP contribution in [0.25, 0.3) is 22.3 Å². The molecule has 0 amide bonds. The van der Waals surface area contributed by atoms with Gasteiger partial charge in [0.1, 0.15) is 0 Å². The van der Waals surface area contributed by atoms with E-state index in [0.717, 1.165) is 17.9 Å². The van der Waals surface area contributed by atoms with Crippen LogP contribution in [-0.2, 0) is 11.8 Å². The Kier molecular flexibility index (Phi) is 6.22. The van der Waals surface area contributed by atoms with E-state index in [1.54, 1.807) is 0 Å². The normalized spacial score (nSPS) is 14.1. The Morgan fingerprint density at radius 1 is 0.595 bits per heavy atom. The molecule has 0 radical (unpaired) electrons. The van der Waals surface area contributed by atoms with Crippen molar-refractivity contribution in [2.45, 2.75) is 38.0 Å². The number of rotatable bonds is 6. The van der Waals surface area contributed by atoms with Gasteiger partial charge in [0, 0.05) is 16.4 Å². The van der Waals surface area contributed by atoms with Crippen molar-refractivity contribution < 1.29 is 0 Å². The number of benzene rings is 5. The predicted molar refractivity (Wildman–Crippen MR) is 157 cm³/mol. The first-order chi connectivity index (χ1) is 18.0. The minimum Gasteiger partial charge on any atom is -0.0843 e. The zero-order valence-corrected chi connectivity index (χ0v) is 22.2. The topological polar surface area (TPSA) is 0 Å². The monoisotopic (exact) mass is 498 g/mol. The number of hydrogen-bond donors (Lipinski definition) is 0. The summed E-state index contributed by atoms with van der Waals surface area (Å²) >= 11 is 6.15. The molecule has 0 heterocycles. The van der Waals surface area contributed by atoms with Gasteiger partial charge in [0.05, 0.1) is 0 Å². The Bertz CT molecular complexity index is 1530. The molecule has 0 aromatic heterocycles. The van der Waals surface area contributed by atoms with Crippen LogP contribution in [0.4, 0.5) is 0 Å². The molecule has 182 valence electrons. The summed E-state index contributed by atoms with van der Waals surface area (Å²) in [5.74, 6) is 0.310. The van der Waals surface area contributed by atoms with Crippen LogP contribution in [0.1, 0.15) is 54.0 Å². The standard InChI is InChI=1S/C36H31Cl/c1-36(2)34-11-7-6-10-32(34)33-23-19-29(24-35(33)36)31(22-14-25-12-20-30(37)21-13-25)28-17-15-27(16-18-28)26-8-4-3-5-9-26/h3-13,15-21,23-24,31H,14,22H2,1-2H3. The average Bonchev–Trinajstić information content (AvgIpc) is 3.17. The average molecular weight is 499 g/mol. The molecular formula is C36H31Cl. The van der Waals surface area contributed by atoms with Crippen molar-refractivity contribution in [1.82, 2.24) is 0 Å². The van der Waals surface area contributed by atoms with Gasteiger partial charge in [0.15, 0.2) is 0 Å². The lowest BCUT2D eigenvalue weighted by Gasteiger charge is -2.24. The van der Waals surface area contributed by atoms with Gasteiger partial charge >= 0.3 is 0 Å². The van der Waals surface area contributed by atoms with Crippen LogP contribution in [0, 0.1) is 0 Å². The molecule has 0 saturated heterocycles. The van der Waals surface area contributed by atoms with Crippen molar-refractivity contribution in [1.29, 1.82) is 0 Å². The second kappa shape index (κ2) is 9.69. The molecule has 1 aliphatic rings. The lowest BCUT2D eigenvalue weighted by molar-refractivity contribution is 0.654. The molecule has 5 aromatic rings. The summed E-state index contributed by atoms with van der Waals surface area (Å²) in [6.45, 7) is 4.72. The molecule has 0 fully saturated rings. The molecule has 1 aliphatic carbocycles. The highest BCUT2D eigenvalue weighted by atomic mass is 35.5. The molecule has 0 saturated carbocycles. The van der Waals surface area contributed by atoms with Gasteiger partial charge in [-0.2, -0.15) is 0 Å². The minimum atomic E-state index is -0.000166. The first kappa shape index (κ1) is 23.8. The zero-order valence-electron chi connectivity index (χ0n) is 21.4. The van der Waals surface area contributed by atoms with Gasteiger partial charge in [-0.05, 0) is 75.0 Å². The maximum Gasteiger partial charge on any atom is 0.0406 e. The fraction of sp³-hybridized carbons (Fsp3) is 0.167. The summed E-state index contributed by atoms with van der Waals surface area (Å²) in [6.07, 6.45) is 2.04. The van der Waals surface area contributed by atoms with E-state index in [0.29, 0.717) is 5.92 Å². The van der Waals surface area contributed by atoms with Crippen molar-refractivity contribution in [3.05, 3.63) is 154 Å². The van der Waals surface area contributed by atoms with Gasteiger partial charge in [-0.3, -0.25) is 0 Å². The van der Waals surface area contributed by atoms with E-state index in [1.165, 1.54) is 50.1 Å². The predicted octanol–water partition coefficient (Wildman–Crippen LogP) is 10.1. The molecule has 1 atom stereocenters. The Morgan fingerprint density at radius 2 is 1.22 bits per heavy atom.